The maximum absolute atomic E-state index is 10.0. The number of rotatable bonds is 4. The Morgan fingerprint density at radius 1 is 1.16 bits per heavy atom. The van der Waals surface area contributed by atoms with Gasteiger partial charge in [-0.2, -0.15) is 0 Å². The molecule has 25 heavy (non-hydrogen) atoms. The molecule has 6 heteroatoms. The van der Waals surface area contributed by atoms with Crippen molar-refractivity contribution in [2.75, 3.05) is 44.7 Å². The number of benzene rings is 1. The van der Waals surface area contributed by atoms with E-state index in [4.69, 9.17) is 0 Å². The van der Waals surface area contributed by atoms with Crippen LogP contribution < -0.4 is 10.2 Å². The fourth-order valence-electron chi connectivity index (χ4n) is 3.09. The largest absolute Gasteiger partial charge is 0.506 e. The second-order valence-corrected chi connectivity index (χ2v) is 6.05. The third-order valence-electron chi connectivity index (χ3n) is 4.43. The van der Waals surface area contributed by atoms with E-state index in [1.165, 1.54) is 5.56 Å². The fraction of sp³-hybridized carbons (Fsp3) is 0.368. The van der Waals surface area contributed by atoms with Crippen molar-refractivity contribution in [2.24, 2.45) is 4.99 Å². The Kier molecular flexibility index (Phi) is 5.72. The van der Waals surface area contributed by atoms with Gasteiger partial charge in [0.15, 0.2) is 5.96 Å². The van der Waals surface area contributed by atoms with Gasteiger partial charge in [0.1, 0.15) is 5.75 Å². The van der Waals surface area contributed by atoms with Crippen molar-refractivity contribution < 1.29 is 5.11 Å². The van der Waals surface area contributed by atoms with Crippen LogP contribution in [0, 0.1) is 0 Å². The molecule has 1 aromatic heterocycles. The minimum absolute atomic E-state index is 0.343. The molecule has 0 atom stereocenters. The number of aliphatic imine (C=N–C) groups is 1. The molecule has 1 saturated heterocycles. The van der Waals surface area contributed by atoms with Gasteiger partial charge >= 0.3 is 0 Å². The first-order valence-corrected chi connectivity index (χ1v) is 8.65. The molecule has 0 radical (unpaired) electrons. The third-order valence-corrected chi connectivity index (χ3v) is 4.43. The Labute approximate surface area is 148 Å². The Morgan fingerprint density at radius 3 is 2.64 bits per heavy atom. The highest BCUT2D eigenvalue weighted by Gasteiger charge is 2.21. The average Bonchev–Trinajstić information content (AvgIpc) is 2.67. The van der Waals surface area contributed by atoms with E-state index in [0.29, 0.717) is 5.75 Å². The van der Waals surface area contributed by atoms with Gasteiger partial charge in [0.25, 0.3) is 0 Å². The quantitative estimate of drug-likeness (QED) is 0.656. The van der Waals surface area contributed by atoms with Crippen LogP contribution >= 0.6 is 0 Å². The number of aromatic hydroxyl groups is 1. The molecule has 1 fully saturated rings. The SMILES string of the molecule is CN=C(NCCc1cccnc1)N1CCN(c2ccccc2O)CC1. The molecule has 1 aliphatic heterocycles. The first kappa shape index (κ1) is 17.1. The van der Waals surface area contributed by atoms with Gasteiger partial charge in [-0.3, -0.25) is 9.98 Å². The Bertz CT molecular complexity index is 696. The first-order chi connectivity index (χ1) is 12.3. The number of para-hydroxylation sites is 2. The maximum atomic E-state index is 10.0. The van der Waals surface area contributed by atoms with Crippen LogP contribution in [-0.4, -0.2) is 60.7 Å². The molecule has 0 saturated carbocycles. The van der Waals surface area contributed by atoms with Gasteiger partial charge in [-0.25, -0.2) is 0 Å². The molecule has 2 N–H and O–H groups in total. The number of pyridine rings is 1. The van der Waals surface area contributed by atoms with E-state index in [-0.39, 0.29) is 0 Å². The monoisotopic (exact) mass is 339 g/mol. The van der Waals surface area contributed by atoms with Crippen LogP contribution in [0.4, 0.5) is 5.69 Å². The lowest BCUT2D eigenvalue weighted by Gasteiger charge is -2.37. The van der Waals surface area contributed by atoms with E-state index in [1.54, 1.807) is 12.3 Å². The lowest BCUT2D eigenvalue weighted by atomic mass is 10.2. The van der Waals surface area contributed by atoms with Gasteiger partial charge in [0, 0.05) is 52.2 Å². The van der Waals surface area contributed by atoms with Crippen molar-refractivity contribution in [1.82, 2.24) is 15.2 Å². The molecule has 6 nitrogen and oxygen atoms in total. The van der Waals surface area contributed by atoms with Crippen LogP contribution in [0.5, 0.6) is 5.75 Å². The second-order valence-electron chi connectivity index (χ2n) is 6.05. The van der Waals surface area contributed by atoms with E-state index in [0.717, 1.165) is 50.8 Å². The summed E-state index contributed by atoms with van der Waals surface area (Å²) < 4.78 is 0. The summed E-state index contributed by atoms with van der Waals surface area (Å²) in [4.78, 5) is 13.0. The minimum atomic E-state index is 0.343. The van der Waals surface area contributed by atoms with Gasteiger partial charge in [-0.15, -0.1) is 0 Å². The minimum Gasteiger partial charge on any atom is -0.506 e. The van der Waals surface area contributed by atoms with Crippen LogP contribution in [-0.2, 0) is 6.42 Å². The summed E-state index contributed by atoms with van der Waals surface area (Å²) >= 11 is 0. The van der Waals surface area contributed by atoms with Gasteiger partial charge in [0.05, 0.1) is 5.69 Å². The Hall–Kier alpha value is -2.76. The van der Waals surface area contributed by atoms with Crippen molar-refractivity contribution in [3.05, 3.63) is 54.4 Å². The summed E-state index contributed by atoms with van der Waals surface area (Å²) in [5.41, 5.74) is 2.12. The summed E-state index contributed by atoms with van der Waals surface area (Å²) in [6.07, 6.45) is 4.61. The molecule has 1 aromatic carbocycles. The van der Waals surface area contributed by atoms with Crippen LogP contribution in [0.1, 0.15) is 5.56 Å². The number of piperazine rings is 1. The summed E-state index contributed by atoms with van der Waals surface area (Å²) in [6, 6.07) is 11.6. The molecule has 2 heterocycles. The van der Waals surface area contributed by atoms with Gasteiger partial charge < -0.3 is 20.2 Å². The van der Waals surface area contributed by atoms with Crippen LogP contribution in [0.3, 0.4) is 0 Å². The molecule has 0 amide bonds. The van der Waals surface area contributed by atoms with E-state index >= 15 is 0 Å². The number of hydrogen-bond donors (Lipinski definition) is 2. The number of phenolic OH excluding ortho intramolecular Hbond substituents is 1. The number of hydrogen-bond acceptors (Lipinski definition) is 4. The highest BCUT2D eigenvalue weighted by molar-refractivity contribution is 5.80. The molecular weight excluding hydrogens is 314 g/mol. The Morgan fingerprint density at radius 2 is 1.96 bits per heavy atom. The number of aromatic nitrogens is 1. The van der Waals surface area contributed by atoms with Crippen molar-refractivity contribution in [2.45, 2.75) is 6.42 Å². The molecule has 0 spiro atoms. The maximum Gasteiger partial charge on any atom is 0.193 e. The summed E-state index contributed by atoms with van der Waals surface area (Å²) in [5.74, 6) is 1.27. The van der Waals surface area contributed by atoms with Crippen LogP contribution in [0.2, 0.25) is 0 Å². The van der Waals surface area contributed by atoms with Crippen LogP contribution in [0.25, 0.3) is 0 Å². The average molecular weight is 339 g/mol. The van der Waals surface area contributed by atoms with E-state index in [9.17, 15) is 5.11 Å². The number of anilines is 1. The van der Waals surface area contributed by atoms with Crippen molar-refractivity contribution in [3.63, 3.8) is 0 Å². The van der Waals surface area contributed by atoms with Gasteiger partial charge in [-0.1, -0.05) is 18.2 Å². The lowest BCUT2D eigenvalue weighted by Crippen LogP contribution is -2.52. The molecule has 0 unspecified atom stereocenters. The van der Waals surface area contributed by atoms with Crippen molar-refractivity contribution in [3.8, 4) is 5.75 Å². The number of nitrogens with zero attached hydrogens (tertiary/aromatic N) is 4. The second kappa shape index (κ2) is 8.37. The van der Waals surface area contributed by atoms with Crippen molar-refractivity contribution >= 4 is 11.6 Å². The molecule has 1 aliphatic rings. The van der Waals surface area contributed by atoms with E-state index < -0.39 is 0 Å². The highest BCUT2D eigenvalue weighted by atomic mass is 16.3. The standard InChI is InChI=1S/C19H25N5O/c1-20-19(22-10-8-16-5-4-9-21-15-16)24-13-11-23(12-14-24)17-6-2-3-7-18(17)25/h2-7,9,15,25H,8,10-14H2,1H3,(H,20,22). The number of nitrogens with one attached hydrogen (secondary N) is 1. The van der Waals surface area contributed by atoms with E-state index in [2.05, 4.69) is 31.2 Å². The fourth-order valence-corrected chi connectivity index (χ4v) is 3.09. The molecule has 0 aliphatic carbocycles. The smallest absolute Gasteiger partial charge is 0.193 e. The predicted octanol–water partition coefficient (Wildman–Crippen LogP) is 1.73. The predicted molar refractivity (Wildman–Crippen MR) is 101 cm³/mol. The number of phenols is 1. The lowest BCUT2D eigenvalue weighted by molar-refractivity contribution is 0.370. The van der Waals surface area contributed by atoms with Crippen LogP contribution in [0.15, 0.2) is 53.8 Å². The summed E-state index contributed by atoms with van der Waals surface area (Å²) in [7, 11) is 1.82. The normalized spacial score (nSPS) is 15.3. The topological polar surface area (TPSA) is 64.0 Å². The van der Waals surface area contributed by atoms with Gasteiger partial charge in [0.2, 0.25) is 0 Å². The van der Waals surface area contributed by atoms with E-state index in [1.807, 2.05) is 37.5 Å². The molecule has 2 aromatic rings. The van der Waals surface area contributed by atoms with Crippen molar-refractivity contribution in [1.29, 1.82) is 0 Å². The summed E-state index contributed by atoms with van der Waals surface area (Å²) in [6.45, 7) is 4.31. The molecule has 132 valence electrons. The Balaban J connectivity index is 1.50. The van der Waals surface area contributed by atoms with Gasteiger partial charge in [-0.05, 0) is 30.2 Å². The zero-order valence-corrected chi connectivity index (χ0v) is 14.6. The zero-order chi connectivity index (χ0) is 17.5. The highest BCUT2D eigenvalue weighted by Crippen LogP contribution is 2.27. The molecule has 3 rings (SSSR count). The zero-order valence-electron chi connectivity index (χ0n) is 14.6. The molecular formula is C19H25N5O. The molecule has 0 bridgehead atoms. The first-order valence-electron chi connectivity index (χ1n) is 8.65. The third kappa shape index (κ3) is 4.41. The number of guanidine groups is 1. The summed E-state index contributed by atoms with van der Waals surface area (Å²) in [5, 5.41) is 13.4.